The summed E-state index contributed by atoms with van der Waals surface area (Å²) in [5, 5.41) is 4.42. The van der Waals surface area contributed by atoms with Gasteiger partial charge in [0.2, 0.25) is 0 Å². The second-order valence-electron chi connectivity index (χ2n) is 5.51. The molecule has 0 radical (unpaired) electrons. The van der Waals surface area contributed by atoms with E-state index in [9.17, 15) is 0 Å². The Hall–Kier alpha value is -1.51. The van der Waals surface area contributed by atoms with Crippen LogP contribution in [0.5, 0.6) is 0 Å². The zero-order valence-corrected chi connectivity index (χ0v) is 11.8. The van der Waals surface area contributed by atoms with Crippen molar-refractivity contribution in [3.63, 3.8) is 0 Å². The molecule has 102 valence electrons. The van der Waals surface area contributed by atoms with E-state index < -0.39 is 0 Å². The summed E-state index contributed by atoms with van der Waals surface area (Å²) in [6.45, 7) is 0.836. The van der Waals surface area contributed by atoms with Crippen LogP contribution < -0.4 is 5.32 Å². The lowest BCUT2D eigenvalue weighted by Crippen LogP contribution is -2.29. The number of hydrogen-bond acceptors (Lipinski definition) is 2. The number of ether oxygens (including phenoxy) is 1. The Balaban J connectivity index is 1.80. The third kappa shape index (κ3) is 1.91. The standard InChI is InChI=1S/C17H16ClNO/c18-12-6-7-13-15(10-12)19-16(11-4-2-1-3-5-11)14-8-9-20-17(13)14/h1-7,10,14,16-17,19H,8-9H2/t14?,16-,17?/m0/s1. The Kier molecular flexibility index (Phi) is 2.94. The normalized spacial score (nSPS) is 27.6. The average molecular weight is 286 g/mol. The van der Waals surface area contributed by atoms with E-state index in [0.717, 1.165) is 23.7 Å². The molecule has 4 rings (SSSR count). The van der Waals surface area contributed by atoms with Crippen LogP contribution in [0.1, 0.15) is 29.7 Å². The van der Waals surface area contributed by atoms with Gasteiger partial charge in [-0.1, -0.05) is 48.0 Å². The molecule has 0 aliphatic carbocycles. The van der Waals surface area contributed by atoms with Gasteiger partial charge in [0, 0.05) is 28.8 Å². The van der Waals surface area contributed by atoms with Crippen LogP contribution in [-0.2, 0) is 4.74 Å². The number of benzene rings is 2. The Morgan fingerprint density at radius 1 is 1.10 bits per heavy atom. The van der Waals surface area contributed by atoms with Crippen LogP contribution in [0.15, 0.2) is 48.5 Å². The van der Waals surface area contributed by atoms with Crippen molar-refractivity contribution < 1.29 is 4.74 Å². The summed E-state index contributed by atoms with van der Waals surface area (Å²) < 4.78 is 5.99. The molecule has 2 unspecified atom stereocenters. The van der Waals surface area contributed by atoms with E-state index in [-0.39, 0.29) is 6.10 Å². The van der Waals surface area contributed by atoms with E-state index in [1.165, 1.54) is 11.1 Å². The SMILES string of the molecule is Clc1ccc2c(c1)N[C@@H](c1ccccc1)C1CCOC21. The molecule has 1 fully saturated rings. The van der Waals surface area contributed by atoms with E-state index in [4.69, 9.17) is 16.3 Å². The minimum atomic E-state index is 0.189. The number of nitrogens with one attached hydrogen (secondary N) is 1. The highest BCUT2D eigenvalue weighted by Crippen LogP contribution is 2.50. The third-order valence-corrected chi connectivity index (χ3v) is 4.59. The van der Waals surface area contributed by atoms with Crippen LogP contribution in [0, 0.1) is 5.92 Å². The highest BCUT2D eigenvalue weighted by molar-refractivity contribution is 6.30. The molecule has 0 saturated carbocycles. The highest BCUT2D eigenvalue weighted by Gasteiger charge is 2.41. The molecule has 2 nitrogen and oxygen atoms in total. The van der Waals surface area contributed by atoms with Gasteiger partial charge >= 0.3 is 0 Å². The Morgan fingerprint density at radius 3 is 2.80 bits per heavy atom. The van der Waals surface area contributed by atoms with Gasteiger partial charge in [-0.05, 0) is 24.1 Å². The Morgan fingerprint density at radius 2 is 1.95 bits per heavy atom. The first kappa shape index (κ1) is 12.2. The Labute approximate surface area is 123 Å². The molecule has 2 aliphatic heterocycles. The van der Waals surface area contributed by atoms with Gasteiger partial charge in [-0.15, -0.1) is 0 Å². The summed E-state index contributed by atoms with van der Waals surface area (Å²) in [5.41, 5.74) is 3.66. The van der Waals surface area contributed by atoms with Gasteiger partial charge in [-0.2, -0.15) is 0 Å². The lowest BCUT2D eigenvalue weighted by Gasteiger charge is -2.36. The molecule has 2 aromatic carbocycles. The monoisotopic (exact) mass is 285 g/mol. The van der Waals surface area contributed by atoms with Crippen molar-refractivity contribution in [3.8, 4) is 0 Å². The summed E-state index contributed by atoms with van der Waals surface area (Å²) in [6.07, 6.45) is 1.29. The highest BCUT2D eigenvalue weighted by atomic mass is 35.5. The lowest BCUT2D eigenvalue weighted by atomic mass is 9.81. The van der Waals surface area contributed by atoms with Gasteiger partial charge in [0.25, 0.3) is 0 Å². The average Bonchev–Trinajstić information content (AvgIpc) is 2.96. The fourth-order valence-corrected chi connectivity index (χ4v) is 3.61. The summed E-state index contributed by atoms with van der Waals surface area (Å²) in [5.74, 6) is 0.492. The van der Waals surface area contributed by atoms with E-state index in [1.807, 2.05) is 12.1 Å². The summed E-state index contributed by atoms with van der Waals surface area (Å²) in [6, 6.07) is 17.0. The maximum Gasteiger partial charge on any atom is 0.0896 e. The molecule has 3 heteroatoms. The van der Waals surface area contributed by atoms with E-state index >= 15 is 0 Å². The molecule has 3 atom stereocenters. The maximum absolute atomic E-state index is 6.13. The number of anilines is 1. The first-order valence-electron chi connectivity index (χ1n) is 7.05. The fraction of sp³-hybridized carbons (Fsp3) is 0.294. The second-order valence-corrected chi connectivity index (χ2v) is 5.94. The molecule has 1 saturated heterocycles. The lowest BCUT2D eigenvalue weighted by molar-refractivity contribution is 0.0829. The van der Waals surface area contributed by atoms with Gasteiger partial charge in [0.15, 0.2) is 0 Å². The Bertz CT molecular complexity index is 628. The quantitative estimate of drug-likeness (QED) is 0.828. The van der Waals surface area contributed by atoms with Crippen LogP contribution in [0.3, 0.4) is 0 Å². The van der Waals surface area contributed by atoms with E-state index in [2.05, 4.69) is 41.7 Å². The molecule has 0 bridgehead atoms. The van der Waals surface area contributed by atoms with E-state index in [0.29, 0.717) is 12.0 Å². The molecule has 0 aromatic heterocycles. The van der Waals surface area contributed by atoms with Gasteiger partial charge < -0.3 is 10.1 Å². The van der Waals surface area contributed by atoms with Crippen LogP contribution in [0.2, 0.25) is 5.02 Å². The third-order valence-electron chi connectivity index (χ3n) is 4.36. The van der Waals surface area contributed by atoms with Crippen molar-refractivity contribution in [2.75, 3.05) is 11.9 Å². The zero-order chi connectivity index (χ0) is 13.5. The second kappa shape index (κ2) is 4.80. The smallest absolute Gasteiger partial charge is 0.0896 e. The molecule has 2 aromatic rings. The van der Waals surface area contributed by atoms with Crippen molar-refractivity contribution in [1.82, 2.24) is 0 Å². The molecule has 2 aliphatic rings. The molecule has 20 heavy (non-hydrogen) atoms. The van der Waals surface area contributed by atoms with Crippen molar-refractivity contribution >= 4 is 17.3 Å². The summed E-state index contributed by atoms with van der Waals surface area (Å²) >= 11 is 6.13. The van der Waals surface area contributed by atoms with E-state index in [1.54, 1.807) is 0 Å². The largest absolute Gasteiger partial charge is 0.377 e. The van der Waals surface area contributed by atoms with Crippen LogP contribution >= 0.6 is 11.6 Å². The van der Waals surface area contributed by atoms with Crippen LogP contribution in [0.4, 0.5) is 5.69 Å². The van der Waals surface area contributed by atoms with Gasteiger partial charge in [-0.25, -0.2) is 0 Å². The molecule has 0 amide bonds. The molecule has 1 N–H and O–H groups in total. The van der Waals surface area contributed by atoms with Gasteiger partial charge in [0.1, 0.15) is 0 Å². The molecular weight excluding hydrogens is 270 g/mol. The number of halogens is 1. The zero-order valence-electron chi connectivity index (χ0n) is 11.1. The van der Waals surface area contributed by atoms with Crippen molar-refractivity contribution in [3.05, 3.63) is 64.7 Å². The number of fused-ring (bicyclic) bond motifs is 3. The topological polar surface area (TPSA) is 21.3 Å². The van der Waals surface area contributed by atoms with Gasteiger partial charge in [0.05, 0.1) is 12.1 Å². The summed E-state index contributed by atoms with van der Waals surface area (Å²) in [7, 11) is 0. The molecule has 2 heterocycles. The van der Waals surface area contributed by atoms with Crippen molar-refractivity contribution in [2.24, 2.45) is 5.92 Å². The van der Waals surface area contributed by atoms with Crippen LogP contribution in [-0.4, -0.2) is 6.61 Å². The van der Waals surface area contributed by atoms with Crippen molar-refractivity contribution in [2.45, 2.75) is 18.6 Å². The maximum atomic E-state index is 6.13. The fourth-order valence-electron chi connectivity index (χ4n) is 3.44. The minimum absolute atomic E-state index is 0.189. The predicted molar refractivity (Wildman–Crippen MR) is 81.1 cm³/mol. The first-order valence-corrected chi connectivity index (χ1v) is 7.43. The molecular formula is C17H16ClNO. The van der Waals surface area contributed by atoms with Gasteiger partial charge in [-0.3, -0.25) is 0 Å². The number of rotatable bonds is 1. The minimum Gasteiger partial charge on any atom is -0.377 e. The summed E-state index contributed by atoms with van der Waals surface area (Å²) in [4.78, 5) is 0. The van der Waals surface area contributed by atoms with Crippen LogP contribution in [0.25, 0.3) is 0 Å². The first-order chi connectivity index (χ1) is 9.83. The van der Waals surface area contributed by atoms with Crippen molar-refractivity contribution in [1.29, 1.82) is 0 Å². The number of hydrogen-bond donors (Lipinski definition) is 1. The predicted octanol–water partition coefficient (Wildman–Crippen LogP) is 4.58. The molecule has 0 spiro atoms.